The molecular formula is C14H22O2. The summed E-state index contributed by atoms with van der Waals surface area (Å²) in [5.41, 5.74) is -0.948. The molecule has 2 saturated carbocycles. The molecule has 2 bridgehead atoms. The summed E-state index contributed by atoms with van der Waals surface area (Å²) in [5, 5.41) is 0. The highest BCUT2D eigenvalue weighted by Crippen LogP contribution is 2.66. The van der Waals surface area contributed by atoms with Crippen molar-refractivity contribution in [3.05, 3.63) is 12.1 Å². The van der Waals surface area contributed by atoms with Gasteiger partial charge in [-0.25, -0.2) is 4.79 Å². The van der Waals surface area contributed by atoms with Crippen LogP contribution in [0.25, 0.3) is 0 Å². The molecule has 0 N–H and O–H groups in total. The van der Waals surface area contributed by atoms with Crippen LogP contribution >= 0.6 is 0 Å². The Balaban J connectivity index is 2.21. The Labute approximate surface area is 105 Å². The lowest BCUT2D eigenvalue weighted by Gasteiger charge is -2.38. The topological polar surface area (TPSA) is 26.3 Å². The van der Waals surface area contributed by atoms with Crippen molar-refractivity contribution < 1.29 is 16.4 Å². The SMILES string of the molecule is [2H]C([2H])=C(C(=O)OC1CC2CCC1(C)C2(C)C)C([2H])([2H])[2H]. The molecule has 0 amide bonds. The Kier molecular flexibility index (Phi) is 1.43. The van der Waals surface area contributed by atoms with E-state index in [9.17, 15) is 4.79 Å². The van der Waals surface area contributed by atoms with Gasteiger partial charge in [-0.05, 0) is 37.4 Å². The first-order valence-electron chi connectivity index (χ1n) is 8.30. The largest absolute Gasteiger partial charge is 0.458 e. The van der Waals surface area contributed by atoms with Crippen LogP contribution in [-0.2, 0) is 9.53 Å². The highest BCUT2D eigenvalue weighted by Gasteiger charge is 2.62. The third kappa shape index (κ3) is 1.35. The van der Waals surface area contributed by atoms with Crippen LogP contribution in [0.4, 0.5) is 0 Å². The lowest BCUT2D eigenvalue weighted by Crippen LogP contribution is -2.38. The van der Waals surface area contributed by atoms with Gasteiger partial charge < -0.3 is 4.74 Å². The number of rotatable bonds is 2. The van der Waals surface area contributed by atoms with Gasteiger partial charge in [-0.2, -0.15) is 0 Å². The molecule has 0 aromatic rings. The second-order valence-corrected chi connectivity index (χ2v) is 5.88. The Bertz CT molecular complexity index is 490. The summed E-state index contributed by atoms with van der Waals surface area (Å²) < 4.78 is 41.7. The summed E-state index contributed by atoms with van der Waals surface area (Å²) in [6.45, 7) is 2.63. The van der Waals surface area contributed by atoms with Crippen LogP contribution in [0.5, 0.6) is 0 Å². The smallest absolute Gasteiger partial charge is 0.333 e. The Morgan fingerprint density at radius 2 is 2.31 bits per heavy atom. The average Bonchev–Trinajstić information content (AvgIpc) is 2.59. The van der Waals surface area contributed by atoms with Gasteiger partial charge in [0, 0.05) is 15.1 Å². The molecule has 3 unspecified atom stereocenters. The van der Waals surface area contributed by atoms with Crippen molar-refractivity contribution in [1.82, 2.24) is 0 Å². The van der Waals surface area contributed by atoms with E-state index in [-0.39, 0.29) is 16.9 Å². The van der Waals surface area contributed by atoms with Gasteiger partial charge in [0.2, 0.25) is 0 Å². The van der Waals surface area contributed by atoms with Gasteiger partial charge in [0.05, 0.1) is 2.74 Å². The molecule has 0 aromatic carbocycles. The van der Waals surface area contributed by atoms with Crippen molar-refractivity contribution in [2.75, 3.05) is 0 Å². The van der Waals surface area contributed by atoms with Crippen LogP contribution in [0.3, 0.4) is 0 Å². The molecule has 16 heavy (non-hydrogen) atoms. The summed E-state index contributed by atoms with van der Waals surface area (Å²) >= 11 is 0. The Morgan fingerprint density at radius 3 is 2.75 bits per heavy atom. The fourth-order valence-corrected chi connectivity index (χ4v) is 3.50. The van der Waals surface area contributed by atoms with Crippen molar-refractivity contribution in [2.24, 2.45) is 16.7 Å². The minimum atomic E-state index is -2.79. The maximum absolute atomic E-state index is 12.1. The molecule has 3 atom stereocenters. The van der Waals surface area contributed by atoms with Crippen molar-refractivity contribution in [3.8, 4) is 0 Å². The van der Waals surface area contributed by atoms with Gasteiger partial charge in [0.25, 0.3) is 0 Å². The minimum Gasteiger partial charge on any atom is -0.458 e. The molecule has 2 rings (SSSR count). The van der Waals surface area contributed by atoms with Gasteiger partial charge in [-0.3, -0.25) is 0 Å². The fraction of sp³-hybridized carbons (Fsp3) is 0.786. The first kappa shape index (κ1) is 6.83. The quantitative estimate of drug-likeness (QED) is 0.534. The molecule has 0 spiro atoms. The van der Waals surface area contributed by atoms with E-state index >= 15 is 0 Å². The zero-order valence-electron chi connectivity index (χ0n) is 15.1. The van der Waals surface area contributed by atoms with E-state index in [1.165, 1.54) is 0 Å². The molecule has 2 fully saturated rings. The third-order valence-corrected chi connectivity index (χ3v) is 5.17. The molecule has 0 aliphatic heterocycles. The predicted octanol–water partition coefficient (Wildman–Crippen LogP) is 3.32. The highest BCUT2D eigenvalue weighted by molar-refractivity contribution is 5.87. The number of carbonyl (C=O) groups is 1. The first-order valence-corrected chi connectivity index (χ1v) is 5.80. The van der Waals surface area contributed by atoms with Crippen LogP contribution in [0.15, 0.2) is 12.1 Å². The predicted molar refractivity (Wildman–Crippen MR) is 63.9 cm³/mol. The van der Waals surface area contributed by atoms with Gasteiger partial charge >= 0.3 is 5.97 Å². The summed E-state index contributed by atoms with van der Waals surface area (Å²) in [5.74, 6) is -0.573. The lowest BCUT2D eigenvalue weighted by molar-refractivity contribution is -0.151. The van der Waals surface area contributed by atoms with E-state index in [1.807, 2.05) is 0 Å². The monoisotopic (exact) mass is 227 g/mol. The zero-order valence-corrected chi connectivity index (χ0v) is 10.1. The minimum absolute atomic E-state index is 0.0482. The number of ether oxygens (including phenoxy) is 1. The van der Waals surface area contributed by atoms with E-state index in [2.05, 4.69) is 20.8 Å². The molecule has 0 radical (unpaired) electrons. The number of carbonyl (C=O) groups excluding carboxylic acids is 1. The molecule has 2 nitrogen and oxygen atoms in total. The van der Waals surface area contributed by atoms with Gasteiger partial charge in [-0.1, -0.05) is 27.3 Å². The molecule has 0 saturated heterocycles. The van der Waals surface area contributed by atoms with Crippen molar-refractivity contribution in [1.29, 1.82) is 0 Å². The van der Waals surface area contributed by atoms with E-state index in [0.717, 1.165) is 19.3 Å². The molecular weight excluding hydrogens is 200 g/mol. The van der Waals surface area contributed by atoms with E-state index in [0.29, 0.717) is 5.92 Å². The highest BCUT2D eigenvalue weighted by atomic mass is 16.5. The van der Waals surface area contributed by atoms with Crippen molar-refractivity contribution in [2.45, 2.75) is 53.0 Å². The fourth-order valence-electron chi connectivity index (χ4n) is 3.50. The van der Waals surface area contributed by atoms with Crippen molar-refractivity contribution >= 4 is 5.97 Å². The number of fused-ring (bicyclic) bond motifs is 2. The zero-order chi connectivity index (χ0) is 16.2. The first-order chi connectivity index (χ1) is 9.41. The second-order valence-electron chi connectivity index (χ2n) is 5.88. The van der Waals surface area contributed by atoms with Gasteiger partial charge in [-0.15, -0.1) is 0 Å². The lowest BCUT2D eigenvalue weighted by atomic mass is 9.70. The number of hydrogen-bond donors (Lipinski definition) is 0. The summed E-state index contributed by atoms with van der Waals surface area (Å²) in [6.07, 6.45) is 2.44. The molecule has 2 aliphatic rings. The second kappa shape index (κ2) is 3.35. The maximum atomic E-state index is 12.1. The van der Waals surface area contributed by atoms with Crippen LogP contribution in [0, 0.1) is 16.7 Å². The summed E-state index contributed by atoms with van der Waals surface area (Å²) in [6, 6.07) is 0. The third-order valence-electron chi connectivity index (χ3n) is 5.17. The Hall–Kier alpha value is -0.790. The van der Waals surface area contributed by atoms with E-state index in [4.69, 9.17) is 11.6 Å². The van der Waals surface area contributed by atoms with Crippen LogP contribution in [0.2, 0.25) is 0 Å². The number of hydrogen-bond acceptors (Lipinski definition) is 2. The standard InChI is InChI=1S/C14H22O2/c1-9(2)12(15)16-11-8-10-6-7-14(11,5)13(10,3)4/h10-11H,1,6-8H2,2-5H3/i1D2,2D3. The molecule has 2 heteroatoms. The molecule has 90 valence electrons. The summed E-state index contributed by atoms with van der Waals surface area (Å²) in [7, 11) is 0. The molecule has 0 aromatic heterocycles. The van der Waals surface area contributed by atoms with Crippen molar-refractivity contribution in [3.63, 3.8) is 0 Å². The van der Waals surface area contributed by atoms with E-state index in [1.54, 1.807) is 0 Å². The van der Waals surface area contributed by atoms with Gasteiger partial charge in [0.15, 0.2) is 0 Å². The average molecular weight is 227 g/mol. The normalized spacial score (nSPS) is 44.8. The van der Waals surface area contributed by atoms with Crippen LogP contribution in [0.1, 0.15) is 53.7 Å². The number of esters is 1. The van der Waals surface area contributed by atoms with E-state index < -0.39 is 24.9 Å². The molecule has 0 heterocycles. The molecule has 2 aliphatic carbocycles. The van der Waals surface area contributed by atoms with Gasteiger partial charge in [0.1, 0.15) is 6.10 Å². The summed E-state index contributed by atoms with van der Waals surface area (Å²) in [4.78, 5) is 12.1. The maximum Gasteiger partial charge on any atom is 0.333 e. The van der Waals surface area contributed by atoms with Crippen LogP contribution < -0.4 is 0 Å². The van der Waals surface area contributed by atoms with Crippen LogP contribution in [-0.4, -0.2) is 12.1 Å². The Morgan fingerprint density at radius 1 is 1.56 bits per heavy atom.